The predicted octanol–water partition coefficient (Wildman–Crippen LogP) is 9.86. The average Bonchev–Trinajstić information content (AvgIpc) is 3.44. The molecule has 3 nitrogen and oxygen atoms in total. The first-order valence-corrected chi connectivity index (χ1v) is 13.4. The van der Waals surface area contributed by atoms with Gasteiger partial charge in [-0.2, -0.15) is 17.6 Å². The maximum absolute atomic E-state index is 15.3. The van der Waals surface area contributed by atoms with Crippen molar-refractivity contribution in [2.45, 2.75) is 11.8 Å². The van der Waals surface area contributed by atoms with E-state index < -0.39 is 23.0 Å². The molecule has 4 aromatic carbocycles. The van der Waals surface area contributed by atoms with Crippen molar-refractivity contribution in [3.05, 3.63) is 145 Å². The molecule has 0 atom stereocenters. The van der Waals surface area contributed by atoms with Gasteiger partial charge in [0.2, 0.25) is 0 Å². The maximum Gasteiger partial charge on any atom is 0.343 e. The maximum atomic E-state index is 15.3. The summed E-state index contributed by atoms with van der Waals surface area (Å²) >= 11 is 0. The zero-order chi connectivity index (χ0) is 29.6. The Morgan fingerprint density at radius 1 is 0.568 bits per heavy atom. The first-order chi connectivity index (χ1) is 20.9. The zero-order valence-corrected chi connectivity index (χ0v) is 25.1. The van der Waals surface area contributed by atoms with Crippen LogP contribution in [0.4, 0.5) is 17.6 Å². The van der Waals surface area contributed by atoms with Crippen LogP contribution in [0.15, 0.2) is 126 Å². The molecule has 219 valence electrons. The Morgan fingerprint density at radius 2 is 1.25 bits per heavy atom. The van der Waals surface area contributed by atoms with Crippen LogP contribution in [-0.4, -0.2) is 9.97 Å². The van der Waals surface area contributed by atoms with Crippen molar-refractivity contribution in [2.24, 2.45) is 0 Å². The van der Waals surface area contributed by atoms with Gasteiger partial charge in [0.05, 0.1) is 11.1 Å². The van der Waals surface area contributed by atoms with Crippen LogP contribution in [0.25, 0.3) is 55.6 Å². The Balaban J connectivity index is 0.000000222. The average molecular weight is 765 g/mol. The van der Waals surface area contributed by atoms with Gasteiger partial charge < -0.3 is 14.4 Å². The third kappa shape index (κ3) is 4.71. The van der Waals surface area contributed by atoms with E-state index in [4.69, 9.17) is 4.42 Å². The normalized spacial score (nSPS) is 14.1. The molecule has 3 heterocycles. The molecular weight excluding hydrogens is 745 g/mol. The molecule has 1 aliphatic carbocycles. The van der Waals surface area contributed by atoms with Gasteiger partial charge in [-0.25, -0.2) is 0 Å². The van der Waals surface area contributed by atoms with Crippen molar-refractivity contribution >= 4 is 21.9 Å². The summed E-state index contributed by atoms with van der Waals surface area (Å²) in [5, 5.41) is 0.880. The smallest absolute Gasteiger partial charge is 0.343 e. The number of rotatable bonds is 2. The van der Waals surface area contributed by atoms with Crippen LogP contribution in [0.1, 0.15) is 11.1 Å². The van der Waals surface area contributed by atoms with Gasteiger partial charge in [-0.3, -0.25) is 0 Å². The first kappa shape index (κ1) is 29.4. The molecule has 8 heteroatoms. The molecular formula is C36H20F4IrN2O-2. The van der Waals surface area contributed by atoms with Crippen molar-refractivity contribution < 1.29 is 42.1 Å². The molecule has 0 amide bonds. The van der Waals surface area contributed by atoms with Crippen LogP contribution < -0.4 is 0 Å². The molecule has 1 radical (unpaired) electrons. The number of benzene rings is 4. The molecule has 7 aromatic rings. The summed E-state index contributed by atoms with van der Waals surface area (Å²) in [6.45, 7) is 0. The number of nitrogens with zero attached hydrogens (tertiary/aromatic N) is 2. The summed E-state index contributed by atoms with van der Waals surface area (Å²) in [6.07, 6.45) is 3.38. The Hall–Kier alpha value is -4.65. The Kier molecular flexibility index (Phi) is 7.66. The molecule has 0 fully saturated rings. The van der Waals surface area contributed by atoms with Crippen molar-refractivity contribution in [2.75, 3.05) is 0 Å². The van der Waals surface area contributed by atoms with Crippen LogP contribution in [0.5, 0.6) is 0 Å². The van der Waals surface area contributed by atoms with Gasteiger partial charge >= 0.3 is 11.8 Å². The monoisotopic (exact) mass is 765 g/mol. The largest absolute Gasteiger partial charge is 0.500 e. The topological polar surface area (TPSA) is 38.9 Å². The van der Waals surface area contributed by atoms with E-state index in [9.17, 15) is 8.78 Å². The molecule has 0 saturated carbocycles. The SMILES string of the molecule is FC1(F)c2ccccc2-c2ccc3c(oc4c(-c5ccccn5)[c-]ccc43)c2C1(F)F.[Ir].[c-]1ccccc1-c1ccccn1. The third-order valence-electron chi connectivity index (χ3n) is 7.44. The molecule has 0 unspecified atom stereocenters. The van der Waals surface area contributed by atoms with E-state index >= 15 is 8.78 Å². The van der Waals surface area contributed by atoms with Crippen molar-refractivity contribution in [3.8, 4) is 33.6 Å². The minimum atomic E-state index is -4.45. The van der Waals surface area contributed by atoms with Gasteiger partial charge in [-0.05, 0) is 34.6 Å². The number of furan rings is 1. The van der Waals surface area contributed by atoms with Crippen LogP contribution in [0.3, 0.4) is 0 Å². The third-order valence-corrected chi connectivity index (χ3v) is 7.44. The fourth-order valence-electron chi connectivity index (χ4n) is 5.43. The zero-order valence-electron chi connectivity index (χ0n) is 22.7. The molecule has 0 bridgehead atoms. The molecule has 8 rings (SSSR count). The Labute approximate surface area is 263 Å². The van der Waals surface area contributed by atoms with Crippen molar-refractivity contribution in [3.63, 3.8) is 0 Å². The van der Waals surface area contributed by atoms with Gasteiger partial charge in [-0.1, -0.05) is 71.6 Å². The number of hydrogen-bond donors (Lipinski definition) is 0. The van der Waals surface area contributed by atoms with Crippen LogP contribution in [0.2, 0.25) is 0 Å². The molecule has 3 aromatic heterocycles. The molecule has 1 aliphatic rings. The fraction of sp³-hybridized carbons (Fsp3) is 0.0556. The van der Waals surface area contributed by atoms with Crippen molar-refractivity contribution in [1.82, 2.24) is 9.97 Å². The van der Waals surface area contributed by atoms with E-state index in [-0.39, 0.29) is 42.4 Å². The summed E-state index contributed by atoms with van der Waals surface area (Å²) in [7, 11) is 0. The number of hydrogen-bond acceptors (Lipinski definition) is 3. The second-order valence-electron chi connectivity index (χ2n) is 9.96. The molecule has 0 saturated heterocycles. The van der Waals surface area contributed by atoms with Crippen LogP contribution in [-0.2, 0) is 32.0 Å². The second kappa shape index (κ2) is 11.5. The number of halogens is 4. The van der Waals surface area contributed by atoms with Gasteiger partial charge in [0.1, 0.15) is 5.58 Å². The summed E-state index contributed by atoms with van der Waals surface area (Å²) in [6, 6.07) is 36.9. The number of fused-ring (bicyclic) bond motifs is 7. The number of aromatic nitrogens is 2. The minimum absolute atomic E-state index is 0. The van der Waals surface area contributed by atoms with E-state index in [2.05, 4.69) is 22.1 Å². The molecule has 44 heavy (non-hydrogen) atoms. The van der Waals surface area contributed by atoms with E-state index in [1.165, 1.54) is 18.2 Å². The van der Waals surface area contributed by atoms with Gasteiger partial charge in [-0.15, -0.1) is 54.1 Å². The number of alkyl halides is 4. The molecule has 0 aliphatic heterocycles. The van der Waals surface area contributed by atoms with E-state index in [1.54, 1.807) is 54.9 Å². The summed E-state index contributed by atoms with van der Waals surface area (Å²) in [5.74, 6) is -8.82. The Morgan fingerprint density at radius 3 is 1.95 bits per heavy atom. The first-order valence-electron chi connectivity index (χ1n) is 13.4. The molecule has 0 N–H and O–H groups in total. The fourth-order valence-corrected chi connectivity index (χ4v) is 5.43. The predicted molar refractivity (Wildman–Crippen MR) is 158 cm³/mol. The van der Waals surface area contributed by atoms with Crippen LogP contribution in [0, 0.1) is 12.1 Å². The van der Waals surface area contributed by atoms with Gasteiger partial charge in [0.15, 0.2) is 0 Å². The van der Waals surface area contributed by atoms with Gasteiger partial charge in [0.25, 0.3) is 0 Å². The van der Waals surface area contributed by atoms with Crippen molar-refractivity contribution in [1.29, 1.82) is 0 Å². The van der Waals surface area contributed by atoms with Gasteiger partial charge in [0, 0.05) is 43.4 Å². The van der Waals surface area contributed by atoms with E-state index in [0.717, 1.165) is 17.3 Å². The summed E-state index contributed by atoms with van der Waals surface area (Å²) in [4.78, 5) is 8.50. The number of pyridine rings is 2. The Bertz CT molecular complexity index is 2050. The molecule has 0 spiro atoms. The van der Waals surface area contributed by atoms with E-state index in [1.807, 2.05) is 42.5 Å². The quantitative estimate of drug-likeness (QED) is 0.130. The van der Waals surface area contributed by atoms with E-state index in [0.29, 0.717) is 22.0 Å². The summed E-state index contributed by atoms with van der Waals surface area (Å²) in [5.41, 5.74) is 1.70. The summed E-state index contributed by atoms with van der Waals surface area (Å²) < 4.78 is 66.5. The minimum Gasteiger partial charge on any atom is -0.500 e. The second-order valence-corrected chi connectivity index (χ2v) is 9.96. The standard InChI is InChI=1S/C25H12F4NO.C11H8N.Ir/c26-24(27)19-9-2-1-6-14(19)15-11-12-17-16-7-5-8-18(20-10-3-4-13-30-20)22(16)31-23(17)21(15)25(24,28)29;1-2-6-10(7-3-1)11-8-4-5-9-12-11;/h1-7,9-13H;1-6,8-9H;/q2*-1;. The van der Waals surface area contributed by atoms with Crippen LogP contribution >= 0.6 is 0 Å².